The summed E-state index contributed by atoms with van der Waals surface area (Å²) in [5, 5.41) is 9.48. The van der Waals surface area contributed by atoms with Crippen LogP contribution < -0.4 is 10.6 Å². The third kappa shape index (κ3) is 4.07. The van der Waals surface area contributed by atoms with E-state index in [1.54, 1.807) is 0 Å². The highest BCUT2D eigenvalue weighted by Crippen LogP contribution is 1.89. The van der Waals surface area contributed by atoms with E-state index in [4.69, 9.17) is 0 Å². The van der Waals surface area contributed by atoms with Crippen LogP contribution in [0.3, 0.4) is 0 Å². The highest BCUT2D eigenvalue weighted by atomic mass is 16.5. The van der Waals surface area contributed by atoms with Crippen LogP contribution in [0.1, 0.15) is 19.7 Å². The predicted molar refractivity (Wildman–Crippen MR) is 54.2 cm³/mol. The van der Waals surface area contributed by atoms with Gasteiger partial charge >= 0.3 is 0 Å². The van der Waals surface area contributed by atoms with Gasteiger partial charge in [0.05, 0.1) is 6.04 Å². The van der Waals surface area contributed by atoms with E-state index in [0.29, 0.717) is 25.3 Å². The van der Waals surface area contributed by atoms with Gasteiger partial charge in [0.1, 0.15) is 0 Å². The summed E-state index contributed by atoms with van der Waals surface area (Å²) in [6, 6.07) is -0.197. The molecule has 0 radical (unpaired) electrons. The van der Waals surface area contributed by atoms with E-state index in [-0.39, 0.29) is 11.9 Å². The van der Waals surface area contributed by atoms with Gasteiger partial charge in [-0.25, -0.2) is 0 Å². The molecule has 1 rings (SSSR count). The minimum Gasteiger partial charge on any atom is -0.355 e. The first-order valence-electron chi connectivity index (χ1n) is 5.00. The zero-order valence-electron chi connectivity index (χ0n) is 8.99. The summed E-state index contributed by atoms with van der Waals surface area (Å²) >= 11 is 0. The molecule has 2 N–H and O–H groups in total. The largest absolute Gasteiger partial charge is 0.355 e. The Bertz CT molecular complexity index is 286. The third-order valence-corrected chi connectivity index (χ3v) is 1.95. The smallest absolute Gasteiger partial charge is 0.236 e. The number of amides is 1. The van der Waals surface area contributed by atoms with Crippen molar-refractivity contribution in [1.82, 2.24) is 20.8 Å². The van der Waals surface area contributed by atoms with Crippen molar-refractivity contribution in [2.75, 3.05) is 13.1 Å². The van der Waals surface area contributed by atoms with Gasteiger partial charge in [0.15, 0.2) is 5.82 Å². The Labute approximate surface area is 88.4 Å². The number of rotatable bonds is 6. The van der Waals surface area contributed by atoms with Gasteiger partial charge in [0.2, 0.25) is 12.3 Å². The fraction of sp³-hybridized carbons (Fsp3) is 0.667. The molecule has 15 heavy (non-hydrogen) atoms. The molecular weight excluding hydrogens is 196 g/mol. The second-order valence-corrected chi connectivity index (χ2v) is 3.17. The van der Waals surface area contributed by atoms with E-state index in [1.165, 1.54) is 6.39 Å². The van der Waals surface area contributed by atoms with Crippen LogP contribution in [0.15, 0.2) is 10.9 Å². The molecule has 0 aliphatic heterocycles. The highest BCUT2D eigenvalue weighted by Gasteiger charge is 2.10. The molecule has 0 saturated carbocycles. The van der Waals surface area contributed by atoms with Crippen molar-refractivity contribution < 1.29 is 9.32 Å². The van der Waals surface area contributed by atoms with E-state index in [9.17, 15) is 4.79 Å². The number of nitrogens with one attached hydrogen (secondary N) is 2. The quantitative estimate of drug-likeness (QED) is 0.678. The first-order valence-corrected chi connectivity index (χ1v) is 5.00. The minimum atomic E-state index is -0.197. The standard InChI is InChI=1S/C9H16N4O2/c1-3-10-9(14)7(2)11-5-4-8-12-6-15-13-8/h6-7,11H,3-5H2,1-2H3,(H,10,14). The lowest BCUT2D eigenvalue weighted by Gasteiger charge is -2.11. The molecule has 1 heterocycles. The zero-order valence-corrected chi connectivity index (χ0v) is 8.99. The highest BCUT2D eigenvalue weighted by molar-refractivity contribution is 5.81. The lowest BCUT2D eigenvalue weighted by molar-refractivity contribution is -0.122. The molecule has 0 aliphatic rings. The van der Waals surface area contributed by atoms with Gasteiger partial charge < -0.3 is 15.2 Å². The lowest BCUT2D eigenvalue weighted by Crippen LogP contribution is -2.42. The molecule has 0 saturated heterocycles. The van der Waals surface area contributed by atoms with E-state index in [1.807, 2.05) is 13.8 Å². The fourth-order valence-electron chi connectivity index (χ4n) is 1.12. The number of carbonyl (C=O) groups excluding carboxylic acids is 1. The molecule has 0 aromatic carbocycles. The number of nitrogens with zero attached hydrogens (tertiary/aromatic N) is 2. The summed E-state index contributed by atoms with van der Waals surface area (Å²) in [4.78, 5) is 15.2. The van der Waals surface area contributed by atoms with Crippen LogP contribution in [-0.2, 0) is 11.2 Å². The monoisotopic (exact) mass is 212 g/mol. The van der Waals surface area contributed by atoms with Crippen LogP contribution >= 0.6 is 0 Å². The number of carbonyl (C=O) groups is 1. The molecule has 1 unspecified atom stereocenters. The molecule has 84 valence electrons. The molecule has 0 spiro atoms. The van der Waals surface area contributed by atoms with Crippen LogP contribution in [0.25, 0.3) is 0 Å². The number of likely N-dealkylation sites (N-methyl/N-ethyl adjacent to an activating group) is 1. The van der Waals surface area contributed by atoms with Gasteiger partial charge in [0.25, 0.3) is 0 Å². The minimum absolute atomic E-state index is 0.00520. The third-order valence-electron chi connectivity index (χ3n) is 1.95. The molecule has 6 heteroatoms. The summed E-state index contributed by atoms with van der Waals surface area (Å²) in [6.07, 6.45) is 1.95. The normalized spacial score (nSPS) is 12.4. The second-order valence-electron chi connectivity index (χ2n) is 3.17. The average Bonchev–Trinajstić information content (AvgIpc) is 2.71. The maximum Gasteiger partial charge on any atom is 0.236 e. The summed E-state index contributed by atoms with van der Waals surface area (Å²) in [5.41, 5.74) is 0. The Morgan fingerprint density at radius 3 is 3.07 bits per heavy atom. The summed E-state index contributed by atoms with van der Waals surface area (Å²) in [7, 11) is 0. The zero-order chi connectivity index (χ0) is 11.1. The molecular formula is C9H16N4O2. The van der Waals surface area contributed by atoms with Crippen molar-refractivity contribution in [3.63, 3.8) is 0 Å². The van der Waals surface area contributed by atoms with E-state index >= 15 is 0 Å². The Morgan fingerprint density at radius 1 is 1.67 bits per heavy atom. The maximum atomic E-state index is 11.3. The molecule has 0 bridgehead atoms. The Hall–Kier alpha value is -1.43. The van der Waals surface area contributed by atoms with Crippen LogP contribution in [0.4, 0.5) is 0 Å². The number of hydrogen-bond donors (Lipinski definition) is 2. The van der Waals surface area contributed by atoms with Crippen LogP contribution in [0.2, 0.25) is 0 Å². The van der Waals surface area contributed by atoms with Gasteiger partial charge in [-0.15, -0.1) is 0 Å². The Morgan fingerprint density at radius 2 is 2.47 bits per heavy atom. The van der Waals surface area contributed by atoms with Gasteiger partial charge in [-0.2, -0.15) is 4.98 Å². The lowest BCUT2D eigenvalue weighted by atomic mass is 10.3. The van der Waals surface area contributed by atoms with E-state index < -0.39 is 0 Å². The van der Waals surface area contributed by atoms with Crippen LogP contribution in [0, 0.1) is 0 Å². The molecule has 1 amide bonds. The van der Waals surface area contributed by atoms with Crippen molar-refractivity contribution in [2.45, 2.75) is 26.3 Å². The van der Waals surface area contributed by atoms with Crippen LogP contribution in [-0.4, -0.2) is 35.2 Å². The summed E-state index contributed by atoms with van der Waals surface area (Å²) in [5.74, 6) is 0.649. The van der Waals surface area contributed by atoms with E-state index in [0.717, 1.165) is 0 Å². The number of aromatic nitrogens is 2. The van der Waals surface area contributed by atoms with Gasteiger partial charge in [-0.05, 0) is 13.8 Å². The maximum absolute atomic E-state index is 11.3. The second kappa shape index (κ2) is 6.13. The van der Waals surface area contributed by atoms with Gasteiger partial charge in [-0.1, -0.05) is 5.16 Å². The predicted octanol–water partition coefficient (Wildman–Crippen LogP) is -0.274. The Kier molecular flexibility index (Phi) is 4.76. The first kappa shape index (κ1) is 11.6. The molecule has 0 aliphatic carbocycles. The molecule has 1 aromatic heterocycles. The molecule has 6 nitrogen and oxygen atoms in total. The number of hydrogen-bond acceptors (Lipinski definition) is 5. The van der Waals surface area contributed by atoms with Crippen LogP contribution in [0.5, 0.6) is 0 Å². The summed E-state index contributed by atoms with van der Waals surface area (Å²) < 4.78 is 4.59. The topological polar surface area (TPSA) is 80.0 Å². The van der Waals surface area contributed by atoms with E-state index in [2.05, 4.69) is 25.3 Å². The van der Waals surface area contributed by atoms with Gasteiger partial charge in [0, 0.05) is 19.5 Å². The van der Waals surface area contributed by atoms with Gasteiger partial charge in [-0.3, -0.25) is 4.79 Å². The fourth-order valence-corrected chi connectivity index (χ4v) is 1.12. The van der Waals surface area contributed by atoms with Crippen molar-refractivity contribution in [3.8, 4) is 0 Å². The SMILES string of the molecule is CCNC(=O)C(C)NCCc1ncon1. The summed E-state index contributed by atoms with van der Waals surface area (Å²) in [6.45, 7) is 5.01. The van der Waals surface area contributed by atoms with Crippen molar-refractivity contribution in [3.05, 3.63) is 12.2 Å². The molecule has 1 atom stereocenters. The van der Waals surface area contributed by atoms with Crippen molar-refractivity contribution >= 4 is 5.91 Å². The first-order chi connectivity index (χ1) is 7.24. The average molecular weight is 212 g/mol. The molecule has 1 aromatic rings. The Balaban J connectivity index is 2.17. The molecule has 0 fully saturated rings. The van der Waals surface area contributed by atoms with Crippen molar-refractivity contribution in [2.24, 2.45) is 0 Å². The van der Waals surface area contributed by atoms with Crippen molar-refractivity contribution in [1.29, 1.82) is 0 Å².